The summed E-state index contributed by atoms with van der Waals surface area (Å²) < 4.78 is 61.6. The van der Waals surface area contributed by atoms with E-state index in [1.165, 1.54) is 32.4 Å². The minimum absolute atomic E-state index is 0.00962. The molecule has 0 radical (unpaired) electrons. The zero-order valence-corrected chi connectivity index (χ0v) is 37.9. The highest BCUT2D eigenvalue weighted by molar-refractivity contribution is 7.90. The second kappa shape index (κ2) is 21.7. The van der Waals surface area contributed by atoms with Crippen molar-refractivity contribution in [3.8, 4) is 17.5 Å². The number of nitrogens with one attached hydrogen (secondary N) is 1. The second-order valence-electron chi connectivity index (χ2n) is 14.2. The summed E-state index contributed by atoms with van der Waals surface area (Å²) in [6.45, 7) is 4.42. The number of hydrogen-bond acceptors (Lipinski definition) is 15. The topological polar surface area (TPSA) is 267 Å². The fraction of sp³-hybridized carbons (Fsp3) is 0.262. The largest absolute Gasteiger partial charge is 0.489 e. The van der Waals surface area contributed by atoms with Crippen molar-refractivity contribution in [2.75, 3.05) is 30.6 Å². The van der Waals surface area contributed by atoms with Crippen LogP contribution in [0.2, 0.25) is 10.0 Å². The number of carbonyl (C=O) groups is 5. The lowest BCUT2D eigenvalue weighted by Gasteiger charge is -2.18. The van der Waals surface area contributed by atoms with Gasteiger partial charge < -0.3 is 29.2 Å². The zero-order valence-electron chi connectivity index (χ0n) is 35.6. The summed E-state index contributed by atoms with van der Waals surface area (Å²) in [6, 6.07) is 12.9. The van der Waals surface area contributed by atoms with Crippen LogP contribution < -0.4 is 28.7 Å². The number of sulfonamides is 1. The first-order valence-corrected chi connectivity index (χ1v) is 21.6. The van der Waals surface area contributed by atoms with E-state index in [0.29, 0.717) is 26.8 Å². The lowest BCUT2D eigenvalue weighted by Crippen LogP contribution is -2.42. The summed E-state index contributed by atoms with van der Waals surface area (Å²) in [5, 5.41) is 19.0. The van der Waals surface area contributed by atoms with E-state index < -0.39 is 62.9 Å². The molecule has 24 heteroatoms. The van der Waals surface area contributed by atoms with Gasteiger partial charge in [0.05, 0.1) is 34.5 Å². The van der Waals surface area contributed by atoms with Crippen molar-refractivity contribution in [2.45, 2.75) is 57.5 Å². The first kappa shape index (κ1) is 49.8. The molecule has 20 nitrogen and oxygen atoms in total. The number of rotatable bonds is 11. The fourth-order valence-corrected chi connectivity index (χ4v) is 7.70. The Labute approximate surface area is 385 Å². The molecule has 0 unspecified atom stereocenters. The number of halogens is 3. The number of amides is 4. The number of allylic oxidation sites excluding steroid dienone is 1. The van der Waals surface area contributed by atoms with Gasteiger partial charge in [-0.25, -0.2) is 41.6 Å². The van der Waals surface area contributed by atoms with Crippen molar-refractivity contribution < 1.29 is 65.9 Å². The highest BCUT2D eigenvalue weighted by Gasteiger charge is 2.40. The molecule has 1 aliphatic heterocycles. The smallest absolute Gasteiger partial charge is 0.427 e. The van der Waals surface area contributed by atoms with E-state index in [9.17, 15) is 36.8 Å². The van der Waals surface area contributed by atoms with Crippen LogP contribution in [0, 0.1) is 12.7 Å². The van der Waals surface area contributed by atoms with Crippen LogP contribution in [0.15, 0.2) is 83.1 Å². The molecule has 5 aromatic rings. The molecule has 348 valence electrons. The van der Waals surface area contributed by atoms with Gasteiger partial charge in [-0.3, -0.25) is 14.7 Å². The number of methoxy groups -OCH3 is 1. The number of imide groups is 1. The number of anilines is 2. The zero-order chi connectivity index (χ0) is 48.5. The summed E-state index contributed by atoms with van der Waals surface area (Å²) in [4.78, 5) is 74.9. The Kier molecular flexibility index (Phi) is 16.4. The average molecular weight is 973 g/mol. The van der Waals surface area contributed by atoms with Crippen LogP contribution in [0.25, 0.3) is 10.9 Å². The van der Waals surface area contributed by atoms with E-state index in [4.69, 9.17) is 52.4 Å². The number of carboxylic acid groups (broad SMARTS) is 2. The van der Waals surface area contributed by atoms with Crippen LogP contribution in [0.3, 0.4) is 0 Å². The van der Waals surface area contributed by atoms with Gasteiger partial charge in [-0.05, 0) is 94.5 Å². The summed E-state index contributed by atoms with van der Waals surface area (Å²) in [5.74, 6) is -3.27. The Hall–Kier alpha value is -7.17. The first-order chi connectivity index (χ1) is 31.2. The Morgan fingerprint density at radius 1 is 0.970 bits per heavy atom. The quantitative estimate of drug-likeness (QED) is 0.109. The molecule has 0 bridgehead atoms. The van der Waals surface area contributed by atoms with E-state index >= 15 is 0 Å². The number of fused-ring (bicyclic) bond motifs is 1. The van der Waals surface area contributed by atoms with Crippen LogP contribution >= 0.6 is 23.2 Å². The molecule has 4 amide bonds. The number of nitrogens with zero attached hydrogens (tertiary/aromatic N) is 6. The first-order valence-electron chi connectivity index (χ1n) is 19.4. The summed E-state index contributed by atoms with van der Waals surface area (Å²) in [5.41, 5.74) is 0.413. The third kappa shape index (κ3) is 12.1. The van der Waals surface area contributed by atoms with Crippen LogP contribution in [-0.4, -0.2) is 95.4 Å². The molecule has 66 heavy (non-hydrogen) atoms. The van der Waals surface area contributed by atoms with E-state index in [1.54, 1.807) is 56.0 Å². The Morgan fingerprint density at radius 3 is 2.30 bits per heavy atom. The lowest BCUT2D eigenvalue weighted by molar-refractivity contribution is -0.139. The SMILES string of the molecule is CC(C)=C1OC(=O)N(c2cc(OC3CCCC3)c(Cl)cc2F)C1=O.COc1nc(C)nc(N(C)C(=O)NS(=O)(=O)c2ccccc2C(=O)O)n1.O=C(O)COc1ccc(Cl)c2cccnc12. The van der Waals surface area contributed by atoms with Crippen molar-refractivity contribution in [3.05, 3.63) is 105 Å². The molecule has 1 saturated carbocycles. The molecule has 1 saturated heterocycles. The molecule has 3 N–H and O–H groups in total. The number of carboxylic acids is 2. The number of aromatic carboxylic acids is 1. The molecule has 0 atom stereocenters. The number of aryl methyl sites for hydroxylation is 1. The van der Waals surface area contributed by atoms with Gasteiger partial charge >= 0.3 is 36.0 Å². The van der Waals surface area contributed by atoms with Crippen molar-refractivity contribution in [2.24, 2.45) is 0 Å². The molecule has 1 aliphatic carbocycles. The van der Waals surface area contributed by atoms with E-state index in [1.807, 2.05) is 0 Å². The van der Waals surface area contributed by atoms with Gasteiger partial charge in [-0.2, -0.15) is 15.0 Å². The predicted molar refractivity (Wildman–Crippen MR) is 235 cm³/mol. The molecular formula is C42H40Cl2FN7O13S. The molecular weight excluding hydrogens is 932 g/mol. The number of benzene rings is 3. The monoisotopic (exact) mass is 971 g/mol. The number of hydrogen-bond donors (Lipinski definition) is 3. The number of aliphatic carboxylic acids is 1. The highest BCUT2D eigenvalue weighted by Crippen LogP contribution is 2.38. The maximum atomic E-state index is 14.3. The third-order valence-corrected chi connectivity index (χ3v) is 11.2. The molecule has 2 fully saturated rings. The lowest BCUT2D eigenvalue weighted by atomic mass is 10.2. The van der Waals surface area contributed by atoms with Gasteiger partial charge in [0.2, 0.25) is 5.95 Å². The van der Waals surface area contributed by atoms with Gasteiger partial charge in [0, 0.05) is 24.7 Å². The van der Waals surface area contributed by atoms with Gasteiger partial charge in [-0.1, -0.05) is 35.3 Å². The third-order valence-electron chi connectivity index (χ3n) is 9.22. The minimum Gasteiger partial charge on any atom is -0.489 e. The van der Waals surface area contributed by atoms with Gasteiger partial charge in [0.1, 0.15) is 33.6 Å². The van der Waals surface area contributed by atoms with Crippen molar-refractivity contribution in [1.29, 1.82) is 0 Å². The second-order valence-corrected chi connectivity index (χ2v) is 16.6. The predicted octanol–water partition coefficient (Wildman–Crippen LogP) is 7.35. The van der Waals surface area contributed by atoms with Crippen LogP contribution in [0.1, 0.15) is 55.7 Å². The van der Waals surface area contributed by atoms with E-state index in [-0.39, 0.29) is 46.1 Å². The fourth-order valence-electron chi connectivity index (χ4n) is 6.11. The maximum absolute atomic E-state index is 14.3. The molecule has 3 heterocycles. The number of carbonyl (C=O) groups excluding carboxylic acids is 3. The Balaban J connectivity index is 0.000000191. The summed E-state index contributed by atoms with van der Waals surface area (Å²) in [6.07, 6.45) is 4.60. The summed E-state index contributed by atoms with van der Waals surface area (Å²) >= 11 is 12.0. The molecule has 7 rings (SSSR count). The maximum Gasteiger partial charge on any atom is 0.427 e. The standard InChI is InChI=1S/C17H17ClFNO4.C14H15N5O6S.C11H8ClNO3/c1-9(2)15-16(21)20(17(22)24-15)13-8-14(11(18)7-12(13)19)23-10-5-3-4-6-10;1-8-15-12(17-13(16-8)25-3)19(2)14(22)18-26(23,24)10-7-5-4-6-9(10)11(20)21;12-8-3-4-9(16-6-10(14)15)11-7(8)2-1-5-13-11/h7-8,10H,3-6H2,1-2H3;4-7H,1-3H3,(H,18,22)(H,20,21);1-5H,6H2,(H,14,15). The summed E-state index contributed by atoms with van der Waals surface area (Å²) in [7, 11) is -1.87. The van der Waals surface area contributed by atoms with Crippen LogP contribution in [-0.2, 0) is 24.3 Å². The number of urea groups is 1. The van der Waals surface area contributed by atoms with Gasteiger partial charge in [0.15, 0.2) is 12.4 Å². The molecule has 2 aromatic heterocycles. The highest BCUT2D eigenvalue weighted by atomic mass is 35.5. The van der Waals surface area contributed by atoms with Gasteiger partial charge in [0.25, 0.3) is 10.0 Å². The average Bonchev–Trinajstić information content (AvgIpc) is 3.90. The Bertz CT molecular complexity index is 2840. The Morgan fingerprint density at radius 2 is 1.67 bits per heavy atom. The number of aromatic nitrogens is 4. The van der Waals surface area contributed by atoms with Crippen molar-refractivity contribution >= 4 is 85.7 Å². The number of cyclic esters (lactones) is 1. The van der Waals surface area contributed by atoms with Crippen molar-refractivity contribution in [3.63, 3.8) is 0 Å². The van der Waals surface area contributed by atoms with Gasteiger partial charge in [-0.15, -0.1) is 0 Å². The van der Waals surface area contributed by atoms with E-state index in [0.717, 1.165) is 54.2 Å². The van der Waals surface area contributed by atoms with Crippen molar-refractivity contribution in [1.82, 2.24) is 24.7 Å². The molecule has 2 aliphatic rings. The number of pyridine rings is 1. The minimum atomic E-state index is -4.44. The van der Waals surface area contributed by atoms with Crippen LogP contribution in [0.5, 0.6) is 17.5 Å². The molecule has 3 aromatic carbocycles. The number of ether oxygens (including phenoxy) is 4. The van der Waals surface area contributed by atoms with E-state index in [2.05, 4.69) is 19.9 Å². The normalized spacial score (nSPS) is 13.5. The van der Waals surface area contributed by atoms with Crippen LogP contribution in [0.4, 0.5) is 25.6 Å². The molecule has 0 spiro atoms.